The highest BCUT2D eigenvalue weighted by Gasteiger charge is 2.23. The maximum Gasteiger partial charge on any atom is 0.274 e. The van der Waals surface area contributed by atoms with Gasteiger partial charge in [-0.3, -0.25) is 4.79 Å². The molecule has 0 aliphatic carbocycles. The molecule has 2 aromatic carbocycles. The Morgan fingerprint density at radius 1 is 0.909 bits per heavy atom. The van der Waals surface area contributed by atoms with E-state index in [1.165, 1.54) is 18.0 Å². The number of aromatic nitrogens is 2. The molecule has 2 aromatic heterocycles. The lowest BCUT2D eigenvalue weighted by atomic mass is 10.2. The highest BCUT2D eigenvalue weighted by atomic mass is 35.5. The van der Waals surface area contributed by atoms with Gasteiger partial charge in [-0.15, -0.1) is 0 Å². The van der Waals surface area contributed by atoms with Crippen molar-refractivity contribution in [3.63, 3.8) is 0 Å². The number of amides is 1. The summed E-state index contributed by atoms with van der Waals surface area (Å²) < 4.78 is 5.46. The Hall–Kier alpha value is -2.51. The molecular weight excluding hydrogens is 501 g/mol. The summed E-state index contributed by atoms with van der Waals surface area (Å²) in [6.45, 7) is 0.603. The van der Waals surface area contributed by atoms with Gasteiger partial charge < -0.3 is 9.32 Å². The minimum Gasteiger partial charge on any atom is -0.467 e. The second kappa shape index (κ2) is 11.1. The number of halogens is 3. The Kier molecular flexibility index (Phi) is 7.93. The molecule has 168 valence electrons. The number of carbonyl (C=O) groups is 1. The summed E-state index contributed by atoms with van der Waals surface area (Å²) in [4.78, 5) is 23.8. The fraction of sp³-hybridized carbons (Fsp3) is 0.125. The van der Waals surface area contributed by atoms with Crippen molar-refractivity contribution < 1.29 is 9.21 Å². The molecule has 33 heavy (non-hydrogen) atoms. The molecule has 0 N–H and O–H groups in total. The summed E-state index contributed by atoms with van der Waals surface area (Å²) in [7, 11) is 0. The van der Waals surface area contributed by atoms with Gasteiger partial charge in [-0.1, -0.05) is 70.8 Å². The van der Waals surface area contributed by atoms with Crippen molar-refractivity contribution in [1.29, 1.82) is 0 Å². The Morgan fingerprint density at radius 3 is 2.21 bits per heavy atom. The van der Waals surface area contributed by atoms with E-state index in [1.54, 1.807) is 29.4 Å². The maximum absolute atomic E-state index is 13.5. The van der Waals surface area contributed by atoms with Gasteiger partial charge in [0.15, 0.2) is 10.9 Å². The van der Waals surface area contributed by atoms with Gasteiger partial charge in [-0.25, -0.2) is 9.97 Å². The van der Waals surface area contributed by atoms with E-state index in [2.05, 4.69) is 9.97 Å². The molecule has 0 atom stereocenters. The maximum atomic E-state index is 13.5. The predicted octanol–water partition coefficient (Wildman–Crippen LogP) is 7.16. The monoisotopic (exact) mass is 517 g/mol. The zero-order valence-electron chi connectivity index (χ0n) is 17.2. The SMILES string of the molecule is O=C(c1nc(SCc2ccc(Cl)cc2)ncc1Cl)N(Cc1ccc(Cl)cc1)Cc1ccco1. The molecular formula is C24H18Cl3N3O2S. The summed E-state index contributed by atoms with van der Waals surface area (Å²) in [6.07, 6.45) is 3.03. The third-order valence-electron chi connectivity index (χ3n) is 4.71. The number of benzene rings is 2. The minimum atomic E-state index is -0.318. The van der Waals surface area contributed by atoms with E-state index in [4.69, 9.17) is 39.2 Å². The molecule has 0 fully saturated rings. The first kappa shape index (κ1) is 23.6. The summed E-state index contributed by atoms with van der Waals surface area (Å²) in [5.41, 5.74) is 2.13. The van der Waals surface area contributed by atoms with E-state index >= 15 is 0 Å². The minimum absolute atomic E-state index is 0.144. The van der Waals surface area contributed by atoms with Crippen LogP contribution in [-0.2, 0) is 18.8 Å². The standard InChI is InChI=1S/C24H18Cl3N3O2S/c25-18-7-3-16(4-8-18)13-30(14-20-2-1-11-32-20)23(31)22-21(27)12-28-24(29-22)33-15-17-5-9-19(26)10-6-17/h1-12H,13-15H2. The summed E-state index contributed by atoms with van der Waals surface area (Å²) in [5.74, 6) is 0.967. The second-order valence-electron chi connectivity index (χ2n) is 7.13. The van der Waals surface area contributed by atoms with Crippen molar-refractivity contribution in [1.82, 2.24) is 14.9 Å². The normalized spacial score (nSPS) is 10.9. The lowest BCUT2D eigenvalue weighted by molar-refractivity contribution is 0.0710. The van der Waals surface area contributed by atoms with E-state index in [0.717, 1.165) is 11.1 Å². The van der Waals surface area contributed by atoms with Crippen molar-refractivity contribution in [3.8, 4) is 0 Å². The van der Waals surface area contributed by atoms with Gasteiger partial charge >= 0.3 is 0 Å². The first-order chi connectivity index (χ1) is 16.0. The number of nitrogens with zero attached hydrogens (tertiary/aromatic N) is 3. The van der Waals surface area contributed by atoms with Crippen molar-refractivity contribution in [2.75, 3.05) is 0 Å². The van der Waals surface area contributed by atoms with Gasteiger partial charge in [0.1, 0.15) is 5.76 Å². The Morgan fingerprint density at radius 2 is 1.58 bits per heavy atom. The van der Waals surface area contributed by atoms with Gasteiger partial charge in [0.25, 0.3) is 5.91 Å². The Labute approximate surface area is 210 Å². The molecule has 0 unspecified atom stereocenters. The molecule has 0 spiro atoms. The van der Waals surface area contributed by atoms with Crippen LogP contribution in [0.25, 0.3) is 0 Å². The number of carbonyl (C=O) groups excluding carboxylic acids is 1. The van der Waals surface area contributed by atoms with Crippen molar-refractivity contribution in [2.45, 2.75) is 24.0 Å². The molecule has 5 nitrogen and oxygen atoms in total. The topological polar surface area (TPSA) is 59.2 Å². The molecule has 4 rings (SSSR count). The summed E-state index contributed by atoms with van der Waals surface area (Å²) in [5, 5.41) is 1.96. The largest absolute Gasteiger partial charge is 0.467 e. The van der Waals surface area contributed by atoms with Gasteiger partial charge in [0, 0.05) is 22.3 Å². The van der Waals surface area contributed by atoms with E-state index in [-0.39, 0.29) is 23.2 Å². The fourth-order valence-corrected chi connectivity index (χ4v) is 4.24. The fourth-order valence-electron chi connectivity index (χ4n) is 3.05. The molecule has 0 saturated carbocycles. The molecule has 0 aliphatic rings. The Bertz CT molecular complexity index is 1220. The van der Waals surface area contributed by atoms with Crippen LogP contribution in [0.1, 0.15) is 27.4 Å². The number of hydrogen-bond donors (Lipinski definition) is 0. The first-order valence-electron chi connectivity index (χ1n) is 9.94. The second-order valence-corrected chi connectivity index (χ2v) is 9.35. The number of rotatable bonds is 8. The van der Waals surface area contributed by atoms with Gasteiger partial charge in [-0.2, -0.15) is 0 Å². The molecule has 0 aliphatic heterocycles. The molecule has 2 heterocycles. The van der Waals surface area contributed by atoms with Crippen LogP contribution >= 0.6 is 46.6 Å². The summed E-state index contributed by atoms with van der Waals surface area (Å²) >= 11 is 19.7. The third kappa shape index (κ3) is 6.51. The van der Waals surface area contributed by atoms with Crippen LogP contribution in [-0.4, -0.2) is 20.8 Å². The van der Waals surface area contributed by atoms with Crippen LogP contribution in [0, 0.1) is 0 Å². The number of hydrogen-bond acceptors (Lipinski definition) is 5. The Balaban J connectivity index is 1.55. The molecule has 9 heteroatoms. The van der Waals surface area contributed by atoms with Crippen LogP contribution < -0.4 is 0 Å². The van der Waals surface area contributed by atoms with Gasteiger partial charge in [0.2, 0.25) is 0 Å². The van der Waals surface area contributed by atoms with Crippen LogP contribution in [0.2, 0.25) is 15.1 Å². The van der Waals surface area contributed by atoms with E-state index < -0.39 is 0 Å². The van der Waals surface area contributed by atoms with Crippen LogP contribution in [0.3, 0.4) is 0 Å². The smallest absolute Gasteiger partial charge is 0.274 e. The lowest BCUT2D eigenvalue weighted by Crippen LogP contribution is -2.31. The van der Waals surface area contributed by atoms with Crippen molar-refractivity contribution in [3.05, 3.63) is 111 Å². The molecule has 0 bridgehead atoms. The third-order valence-corrected chi connectivity index (χ3v) is 6.42. The van der Waals surface area contributed by atoms with Gasteiger partial charge in [-0.05, 0) is 47.5 Å². The van der Waals surface area contributed by atoms with Crippen LogP contribution in [0.15, 0.2) is 82.7 Å². The number of thioether (sulfide) groups is 1. The van der Waals surface area contributed by atoms with E-state index in [1.807, 2.05) is 42.5 Å². The quantitative estimate of drug-likeness (QED) is 0.183. The zero-order valence-corrected chi connectivity index (χ0v) is 20.3. The van der Waals surface area contributed by atoms with Gasteiger partial charge in [0.05, 0.1) is 24.0 Å². The predicted molar refractivity (Wildman–Crippen MR) is 132 cm³/mol. The number of furan rings is 1. The average Bonchev–Trinajstić information content (AvgIpc) is 3.33. The molecule has 1 amide bonds. The molecule has 0 saturated heterocycles. The van der Waals surface area contributed by atoms with Crippen LogP contribution in [0.5, 0.6) is 0 Å². The molecule has 0 radical (unpaired) electrons. The average molecular weight is 519 g/mol. The van der Waals surface area contributed by atoms with Crippen LogP contribution in [0.4, 0.5) is 0 Å². The first-order valence-corrected chi connectivity index (χ1v) is 12.1. The highest BCUT2D eigenvalue weighted by molar-refractivity contribution is 7.98. The highest BCUT2D eigenvalue weighted by Crippen LogP contribution is 2.25. The lowest BCUT2D eigenvalue weighted by Gasteiger charge is -2.22. The zero-order chi connectivity index (χ0) is 23.2. The van der Waals surface area contributed by atoms with E-state index in [0.29, 0.717) is 33.3 Å². The summed E-state index contributed by atoms with van der Waals surface area (Å²) in [6, 6.07) is 18.5. The van der Waals surface area contributed by atoms with Crippen molar-refractivity contribution in [2.24, 2.45) is 0 Å². The van der Waals surface area contributed by atoms with Crippen molar-refractivity contribution >= 4 is 52.5 Å². The van der Waals surface area contributed by atoms with E-state index in [9.17, 15) is 4.79 Å². The molecule has 4 aromatic rings.